The summed E-state index contributed by atoms with van der Waals surface area (Å²) in [7, 11) is 0. The molecule has 0 atom stereocenters. The molecular formula is C26H18F3N3O. The molecule has 0 aliphatic rings. The summed E-state index contributed by atoms with van der Waals surface area (Å²) in [6.45, 7) is 0.403. The minimum Gasteiger partial charge on any atom is -0.489 e. The highest BCUT2D eigenvalue weighted by Crippen LogP contribution is 2.33. The molecule has 0 aliphatic heterocycles. The Bertz CT molecular complexity index is 1380. The van der Waals surface area contributed by atoms with E-state index in [2.05, 4.69) is 10.1 Å². The molecule has 2 aromatic heterocycles. The zero-order valence-electron chi connectivity index (χ0n) is 17.3. The molecule has 0 fully saturated rings. The molecule has 0 radical (unpaired) electrons. The Kier molecular flexibility index (Phi) is 5.30. The number of halogens is 3. The van der Waals surface area contributed by atoms with Crippen molar-refractivity contribution in [1.29, 1.82) is 0 Å². The predicted molar refractivity (Wildman–Crippen MR) is 120 cm³/mol. The smallest absolute Gasteiger partial charge is 0.433 e. The summed E-state index contributed by atoms with van der Waals surface area (Å²) in [5, 5.41) is 4.17. The highest BCUT2D eigenvalue weighted by atomic mass is 19.4. The van der Waals surface area contributed by atoms with Gasteiger partial charge in [0.1, 0.15) is 12.4 Å². The van der Waals surface area contributed by atoms with E-state index in [9.17, 15) is 13.2 Å². The van der Waals surface area contributed by atoms with Gasteiger partial charge in [0.15, 0.2) is 11.3 Å². The number of benzene rings is 3. The lowest BCUT2D eigenvalue weighted by molar-refractivity contribution is -0.142. The van der Waals surface area contributed by atoms with E-state index in [0.717, 1.165) is 21.7 Å². The third-order valence-electron chi connectivity index (χ3n) is 5.19. The van der Waals surface area contributed by atoms with Gasteiger partial charge in [0.05, 0.1) is 11.4 Å². The quantitative estimate of drug-likeness (QED) is 0.304. The molecule has 4 nitrogen and oxygen atoms in total. The fourth-order valence-electron chi connectivity index (χ4n) is 3.54. The number of nitrogens with zero attached hydrogens (tertiary/aromatic N) is 3. The average Bonchev–Trinajstić information content (AvgIpc) is 3.27. The molecule has 3 aromatic carbocycles. The van der Waals surface area contributed by atoms with Crippen LogP contribution in [0.25, 0.3) is 28.2 Å². The normalized spacial score (nSPS) is 11.6. The molecule has 0 saturated heterocycles. The Hall–Kier alpha value is -4.13. The molecule has 164 valence electrons. The van der Waals surface area contributed by atoms with Crippen molar-refractivity contribution >= 4 is 5.65 Å². The zero-order valence-corrected chi connectivity index (χ0v) is 17.3. The van der Waals surface area contributed by atoms with Crippen molar-refractivity contribution in [2.75, 3.05) is 0 Å². The lowest BCUT2D eigenvalue weighted by Gasteiger charge is -2.11. The molecule has 0 N–H and O–H groups in total. The molecule has 2 heterocycles. The first kappa shape index (κ1) is 20.8. The first-order chi connectivity index (χ1) is 16.0. The second kappa shape index (κ2) is 8.43. The van der Waals surface area contributed by atoms with Crippen LogP contribution in [-0.4, -0.2) is 14.6 Å². The second-order valence-electron chi connectivity index (χ2n) is 7.49. The lowest BCUT2D eigenvalue weighted by Crippen LogP contribution is -2.13. The molecule has 0 aliphatic carbocycles. The van der Waals surface area contributed by atoms with Crippen LogP contribution >= 0.6 is 0 Å². The van der Waals surface area contributed by atoms with Gasteiger partial charge in [0.25, 0.3) is 0 Å². The van der Waals surface area contributed by atoms with Gasteiger partial charge in [-0.05, 0) is 35.9 Å². The van der Waals surface area contributed by atoms with Crippen LogP contribution in [0.15, 0.2) is 97.1 Å². The molecular weight excluding hydrogens is 427 g/mol. The summed E-state index contributed by atoms with van der Waals surface area (Å²) in [5.41, 5.74) is 2.19. The molecule has 0 spiro atoms. The number of hydrogen-bond acceptors (Lipinski definition) is 3. The summed E-state index contributed by atoms with van der Waals surface area (Å²) in [5.74, 6) is 0.621. The van der Waals surface area contributed by atoms with Crippen LogP contribution in [0.5, 0.6) is 5.75 Å². The Morgan fingerprint density at radius 2 is 1.36 bits per heavy atom. The molecule has 0 saturated carbocycles. The van der Waals surface area contributed by atoms with Crippen molar-refractivity contribution in [3.8, 4) is 28.3 Å². The summed E-state index contributed by atoms with van der Waals surface area (Å²) in [6.07, 6.45) is -4.59. The maximum atomic E-state index is 13.8. The van der Waals surface area contributed by atoms with E-state index >= 15 is 0 Å². The van der Waals surface area contributed by atoms with Crippen LogP contribution in [-0.2, 0) is 12.8 Å². The Morgan fingerprint density at radius 3 is 2.03 bits per heavy atom. The first-order valence-corrected chi connectivity index (χ1v) is 10.3. The van der Waals surface area contributed by atoms with Crippen LogP contribution in [0.3, 0.4) is 0 Å². The Balaban J connectivity index is 1.48. The van der Waals surface area contributed by atoms with E-state index in [-0.39, 0.29) is 11.3 Å². The minimum absolute atomic E-state index is 0.128. The standard InChI is InChI=1S/C26H18F3N3O/c27-26(28,29)24-15-22(30-25-16-23(31-32(24)25)19-9-5-2-6-10-19)20-11-13-21(14-12-20)33-17-18-7-3-1-4-8-18/h1-16H,17H2. The van der Waals surface area contributed by atoms with E-state index in [1.807, 2.05) is 48.5 Å². The number of aromatic nitrogens is 3. The first-order valence-electron chi connectivity index (χ1n) is 10.3. The van der Waals surface area contributed by atoms with E-state index in [1.54, 1.807) is 42.5 Å². The molecule has 5 aromatic rings. The monoisotopic (exact) mass is 445 g/mol. The topological polar surface area (TPSA) is 39.4 Å². The maximum absolute atomic E-state index is 13.8. The highest BCUT2D eigenvalue weighted by molar-refractivity contribution is 5.68. The van der Waals surface area contributed by atoms with Gasteiger partial charge in [-0.15, -0.1) is 0 Å². The zero-order chi connectivity index (χ0) is 22.8. The van der Waals surface area contributed by atoms with Crippen LogP contribution in [0.4, 0.5) is 13.2 Å². The van der Waals surface area contributed by atoms with Crippen LogP contribution in [0, 0.1) is 0 Å². The van der Waals surface area contributed by atoms with E-state index in [1.165, 1.54) is 0 Å². The van der Waals surface area contributed by atoms with Gasteiger partial charge in [-0.3, -0.25) is 0 Å². The molecule has 0 unspecified atom stereocenters. The number of rotatable bonds is 5. The number of ether oxygens (including phenoxy) is 1. The molecule has 0 amide bonds. The van der Waals surface area contributed by atoms with Crippen molar-refractivity contribution in [2.24, 2.45) is 0 Å². The van der Waals surface area contributed by atoms with Crippen LogP contribution in [0.2, 0.25) is 0 Å². The SMILES string of the molecule is FC(F)(F)c1cc(-c2ccc(OCc3ccccc3)cc2)nc2cc(-c3ccccc3)nn12. The molecule has 0 bridgehead atoms. The summed E-state index contributed by atoms with van der Waals surface area (Å²) < 4.78 is 48.1. The summed E-state index contributed by atoms with van der Waals surface area (Å²) >= 11 is 0. The van der Waals surface area contributed by atoms with Gasteiger partial charge >= 0.3 is 6.18 Å². The Labute approximate surface area is 187 Å². The number of hydrogen-bond donors (Lipinski definition) is 0. The summed E-state index contributed by atoms with van der Waals surface area (Å²) in [4.78, 5) is 4.45. The number of alkyl halides is 3. The van der Waals surface area contributed by atoms with Gasteiger partial charge in [0.2, 0.25) is 0 Å². The van der Waals surface area contributed by atoms with Crippen LogP contribution < -0.4 is 4.74 Å². The highest BCUT2D eigenvalue weighted by Gasteiger charge is 2.35. The van der Waals surface area contributed by atoms with Gasteiger partial charge in [-0.25, -0.2) is 9.50 Å². The predicted octanol–water partition coefficient (Wildman–Crippen LogP) is 6.66. The van der Waals surface area contributed by atoms with Gasteiger partial charge < -0.3 is 4.74 Å². The maximum Gasteiger partial charge on any atom is 0.433 e. The van der Waals surface area contributed by atoms with E-state index in [4.69, 9.17) is 4.74 Å². The second-order valence-corrected chi connectivity index (χ2v) is 7.49. The van der Waals surface area contributed by atoms with Crippen molar-refractivity contribution in [3.05, 3.63) is 108 Å². The van der Waals surface area contributed by atoms with Crippen molar-refractivity contribution in [1.82, 2.24) is 14.6 Å². The van der Waals surface area contributed by atoms with Crippen molar-refractivity contribution in [2.45, 2.75) is 12.8 Å². The van der Waals surface area contributed by atoms with Crippen molar-refractivity contribution < 1.29 is 17.9 Å². The lowest BCUT2D eigenvalue weighted by atomic mass is 10.1. The third kappa shape index (κ3) is 4.43. The third-order valence-corrected chi connectivity index (χ3v) is 5.19. The minimum atomic E-state index is -4.59. The van der Waals surface area contributed by atoms with Gasteiger partial charge in [0, 0.05) is 17.2 Å². The number of fused-ring (bicyclic) bond motifs is 1. The van der Waals surface area contributed by atoms with Gasteiger partial charge in [-0.2, -0.15) is 18.3 Å². The largest absolute Gasteiger partial charge is 0.489 e. The molecule has 5 rings (SSSR count). The van der Waals surface area contributed by atoms with E-state index in [0.29, 0.717) is 23.6 Å². The van der Waals surface area contributed by atoms with Crippen LogP contribution in [0.1, 0.15) is 11.3 Å². The molecule has 7 heteroatoms. The fourth-order valence-corrected chi connectivity index (χ4v) is 3.54. The average molecular weight is 445 g/mol. The van der Waals surface area contributed by atoms with Gasteiger partial charge in [-0.1, -0.05) is 60.7 Å². The Morgan fingerprint density at radius 1 is 0.727 bits per heavy atom. The van der Waals surface area contributed by atoms with E-state index < -0.39 is 11.9 Å². The summed E-state index contributed by atoms with van der Waals surface area (Å²) in [6, 6.07) is 28.2. The molecule has 33 heavy (non-hydrogen) atoms. The fraction of sp³-hybridized carbons (Fsp3) is 0.0769. The van der Waals surface area contributed by atoms with Crippen molar-refractivity contribution in [3.63, 3.8) is 0 Å².